The van der Waals surface area contributed by atoms with E-state index in [1.54, 1.807) is 26.1 Å². The summed E-state index contributed by atoms with van der Waals surface area (Å²) in [5, 5.41) is 0. The van der Waals surface area contributed by atoms with Crippen molar-refractivity contribution in [1.82, 2.24) is 0 Å². The summed E-state index contributed by atoms with van der Waals surface area (Å²) in [5.74, 6) is -1.54. The van der Waals surface area contributed by atoms with E-state index in [1.807, 2.05) is 13.8 Å². The lowest BCUT2D eigenvalue weighted by atomic mass is 9.83. The molecule has 0 aromatic heterocycles. The van der Waals surface area contributed by atoms with E-state index in [1.165, 1.54) is 18.9 Å². The molecule has 7 heteroatoms. The van der Waals surface area contributed by atoms with Crippen LogP contribution in [0.25, 0.3) is 0 Å². The Bertz CT molecular complexity index is 673. The molecule has 1 aliphatic heterocycles. The van der Waals surface area contributed by atoms with E-state index in [2.05, 4.69) is 15.9 Å². The number of methoxy groups -OCH3 is 1. The lowest BCUT2D eigenvalue weighted by Gasteiger charge is -2.20. The van der Waals surface area contributed by atoms with Gasteiger partial charge in [0.25, 0.3) is 0 Å². The molecule has 6 nitrogen and oxygen atoms in total. The molecule has 0 radical (unpaired) electrons. The van der Waals surface area contributed by atoms with Crippen molar-refractivity contribution in [3.63, 3.8) is 0 Å². The van der Waals surface area contributed by atoms with Crippen molar-refractivity contribution in [2.75, 3.05) is 25.7 Å². The van der Waals surface area contributed by atoms with Crippen molar-refractivity contribution >= 4 is 39.5 Å². The fraction of sp³-hybridized carbons (Fsp3) is 0.471. The minimum Gasteiger partial charge on any atom is -0.468 e. The predicted molar refractivity (Wildman–Crippen MR) is 94.2 cm³/mol. The highest BCUT2D eigenvalue weighted by atomic mass is 79.9. The number of amides is 1. The van der Waals surface area contributed by atoms with Gasteiger partial charge in [-0.1, -0.05) is 13.8 Å². The van der Waals surface area contributed by atoms with Gasteiger partial charge in [-0.3, -0.25) is 9.59 Å². The van der Waals surface area contributed by atoms with Crippen LogP contribution in [-0.2, 0) is 24.5 Å². The third-order valence-corrected chi connectivity index (χ3v) is 4.46. The maximum atomic E-state index is 12.5. The van der Waals surface area contributed by atoms with Gasteiger partial charge in [-0.25, -0.2) is 4.79 Å². The molecule has 1 aromatic rings. The van der Waals surface area contributed by atoms with Gasteiger partial charge in [0.05, 0.1) is 19.3 Å². The molecule has 0 saturated heterocycles. The summed E-state index contributed by atoms with van der Waals surface area (Å²) >= 11 is 3.30. The third-order valence-electron chi connectivity index (χ3n) is 3.81. The van der Waals surface area contributed by atoms with Gasteiger partial charge in [0.15, 0.2) is 5.41 Å². The molecule has 0 N–H and O–H groups in total. The highest BCUT2D eigenvalue weighted by molar-refractivity contribution is 9.10. The van der Waals surface area contributed by atoms with Crippen molar-refractivity contribution in [3.05, 3.63) is 27.7 Å². The van der Waals surface area contributed by atoms with Crippen LogP contribution in [0.15, 0.2) is 16.6 Å². The zero-order chi connectivity index (χ0) is 18.7. The van der Waals surface area contributed by atoms with E-state index in [0.717, 1.165) is 0 Å². The molecule has 132 valence electrons. The van der Waals surface area contributed by atoms with Crippen LogP contribution in [0.5, 0.6) is 0 Å². The first-order valence-corrected chi connectivity index (χ1v) is 8.46. The number of benzene rings is 1. The molecule has 0 saturated carbocycles. The van der Waals surface area contributed by atoms with Gasteiger partial charge in [-0.05, 0) is 41.9 Å². The summed E-state index contributed by atoms with van der Waals surface area (Å²) in [6.07, 6.45) is 0. The number of likely N-dealkylation sites (N-methyl/N-ethyl adjacent to an activating group) is 1. The summed E-state index contributed by atoms with van der Waals surface area (Å²) in [6, 6.07) is 3.14. The summed E-state index contributed by atoms with van der Waals surface area (Å²) in [4.78, 5) is 37.9. The van der Waals surface area contributed by atoms with Crippen molar-refractivity contribution in [1.29, 1.82) is 0 Å². The van der Waals surface area contributed by atoms with Gasteiger partial charge in [0, 0.05) is 22.8 Å². The Hall–Kier alpha value is -1.89. The van der Waals surface area contributed by atoms with Crippen LogP contribution >= 0.6 is 15.9 Å². The first kappa shape index (κ1) is 20.2. The average Bonchev–Trinajstić information content (AvgIpc) is 2.77. The lowest BCUT2D eigenvalue weighted by molar-refractivity contribution is -0.150. The third kappa shape index (κ3) is 3.05. The molecule has 0 aliphatic carbocycles. The largest absolute Gasteiger partial charge is 0.468 e. The van der Waals surface area contributed by atoms with Crippen molar-refractivity contribution in [2.24, 2.45) is 0 Å². The van der Waals surface area contributed by atoms with Crippen LogP contribution < -0.4 is 4.90 Å². The van der Waals surface area contributed by atoms with Crippen LogP contribution in [0.4, 0.5) is 5.69 Å². The Balaban J connectivity index is 0.00000139. The molecule has 1 aliphatic rings. The molecule has 2 rings (SSSR count). The van der Waals surface area contributed by atoms with Gasteiger partial charge in [-0.15, -0.1) is 0 Å². The SMILES string of the molecule is CC.CCOC(=O)c1cc2c(cc1Br)C(C)(C(=O)OC)C(=O)N2C. The Labute approximate surface area is 150 Å². The first-order valence-electron chi connectivity index (χ1n) is 7.66. The molecule has 1 aromatic carbocycles. The Morgan fingerprint density at radius 2 is 1.88 bits per heavy atom. The summed E-state index contributed by atoms with van der Waals surface area (Å²) in [7, 11) is 2.79. The smallest absolute Gasteiger partial charge is 0.339 e. The van der Waals surface area contributed by atoms with E-state index >= 15 is 0 Å². The van der Waals surface area contributed by atoms with Gasteiger partial charge in [0.2, 0.25) is 5.91 Å². The fourth-order valence-corrected chi connectivity index (χ4v) is 3.07. The topological polar surface area (TPSA) is 72.9 Å². The monoisotopic (exact) mass is 399 g/mol. The van der Waals surface area contributed by atoms with Crippen LogP contribution in [-0.4, -0.2) is 38.6 Å². The van der Waals surface area contributed by atoms with Gasteiger partial charge < -0.3 is 14.4 Å². The molecule has 1 amide bonds. The second-order valence-electron chi connectivity index (χ2n) is 5.05. The van der Waals surface area contributed by atoms with Crippen LogP contribution in [0, 0.1) is 0 Å². The molecule has 1 atom stereocenters. The number of nitrogens with zero attached hydrogens (tertiary/aromatic N) is 1. The average molecular weight is 400 g/mol. The molecule has 0 spiro atoms. The number of fused-ring (bicyclic) bond motifs is 1. The maximum Gasteiger partial charge on any atom is 0.339 e. The quantitative estimate of drug-likeness (QED) is 0.576. The molecule has 24 heavy (non-hydrogen) atoms. The standard InChI is InChI=1S/C15H16BrNO5.C2H6/c1-5-22-12(18)8-6-11-9(7-10(8)16)15(2,14(20)21-4)13(19)17(11)3;1-2/h6-7H,5H2,1-4H3;1-2H3. The van der Waals surface area contributed by atoms with E-state index in [-0.39, 0.29) is 6.61 Å². The molecular weight excluding hydrogens is 378 g/mol. The number of carbonyl (C=O) groups is 3. The normalized spacial score (nSPS) is 18.5. The molecule has 0 bridgehead atoms. The van der Waals surface area contributed by atoms with E-state index in [0.29, 0.717) is 21.3 Å². The number of rotatable bonds is 3. The van der Waals surface area contributed by atoms with Crippen LogP contribution in [0.2, 0.25) is 0 Å². The number of esters is 2. The number of ether oxygens (including phenoxy) is 2. The molecule has 0 fully saturated rings. The zero-order valence-electron chi connectivity index (χ0n) is 14.7. The molecular formula is C17H22BrNO5. The highest BCUT2D eigenvalue weighted by Gasteiger charge is 2.53. The van der Waals surface area contributed by atoms with Crippen LogP contribution in [0.3, 0.4) is 0 Å². The number of halogens is 1. The van der Waals surface area contributed by atoms with Gasteiger partial charge in [0.1, 0.15) is 0 Å². The second-order valence-corrected chi connectivity index (χ2v) is 5.90. The lowest BCUT2D eigenvalue weighted by Crippen LogP contribution is -2.43. The Morgan fingerprint density at radius 1 is 1.29 bits per heavy atom. The van der Waals surface area contributed by atoms with Crippen molar-refractivity contribution in [3.8, 4) is 0 Å². The summed E-state index contributed by atoms with van der Waals surface area (Å²) in [5.41, 5.74) is -0.139. The summed E-state index contributed by atoms with van der Waals surface area (Å²) < 4.78 is 10.2. The van der Waals surface area contributed by atoms with Crippen LogP contribution in [0.1, 0.15) is 43.6 Å². The first-order chi connectivity index (χ1) is 11.3. The molecule has 1 heterocycles. The van der Waals surface area contributed by atoms with E-state index in [9.17, 15) is 14.4 Å². The van der Waals surface area contributed by atoms with E-state index < -0.39 is 23.3 Å². The fourth-order valence-electron chi connectivity index (χ4n) is 2.57. The van der Waals surface area contributed by atoms with Crippen molar-refractivity contribution in [2.45, 2.75) is 33.1 Å². The summed E-state index contributed by atoms with van der Waals surface area (Å²) in [6.45, 7) is 7.47. The number of hydrogen-bond acceptors (Lipinski definition) is 5. The number of carbonyl (C=O) groups excluding carboxylic acids is 3. The maximum absolute atomic E-state index is 12.5. The van der Waals surface area contributed by atoms with E-state index in [4.69, 9.17) is 9.47 Å². The van der Waals surface area contributed by atoms with Gasteiger partial charge in [-0.2, -0.15) is 0 Å². The minimum atomic E-state index is -1.42. The number of anilines is 1. The highest BCUT2D eigenvalue weighted by Crippen LogP contribution is 2.44. The zero-order valence-corrected chi connectivity index (χ0v) is 16.3. The molecule has 1 unspecified atom stereocenters. The minimum absolute atomic E-state index is 0.247. The van der Waals surface area contributed by atoms with Gasteiger partial charge >= 0.3 is 11.9 Å². The van der Waals surface area contributed by atoms with Crippen molar-refractivity contribution < 1.29 is 23.9 Å². The predicted octanol–water partition coefficient (Wildman–Crippen LogP) is 3.06. The Kier molecular flexibility index (Phi) is 6.54. The Morgan fingerprint density at radius 3 is 2.38 bits per heavy atom. The second kappa shape index (κ2) is 7.79. The number of hydrogen-bond donors (Lipinski definition) is 0.